The van der Waals surface area contributed by atoms with Crippen LogP contribution in [-0.4, -0.2) is 64.0 Å². The first-order valence-corrected chi connectivity index (χ1v) is 12.4. The van der Waals surface area contributed by atoms with E-state index in [2.05, 4.69) is 5.32 Å². The van der Waals surface area contributed by atoms with Gasteiger partial charge in [0.1, 0.15) is 5.75 Å². The summed E-state index contributed by atoms with van der Waals surface area (Å²) in [4.78, 5) is 27.7. The molecule has 2 N–H and O–H groups in total. The van der Waals surface area contributed by atoms with Crippen molar-refractivity contribution < 1.29 is 14.7 Å². The van der Waals surface area contributed by atoms with E-state index in [1.165, 1.54) is 0 Å². The van der Waals surface area contributed by atoms with Crippen molar-refractivity contribution in [2.45, 2.75) is 18.9 Å². The zero-order valence-corrected chi connectivity index (χ0v) is 17.0. The molecule has 2 atom stereocenters. The van der Waals surface area contributed by atoms with Gasteiger partial charge in [-0.3, -0.25) is 14.9 Å². The van der Waals surface area contributed by atoms with Gasteiger partial charge in [-0.15, -0.1) is 11.8 Å². The largest absolute Gasteiger partial charge is 0.508 e. The molecule has 142 valence electrons. The van der Waals surface area contributed by atoms with E-state index in [1.54, 1.807) is 45.5 Å². The fourth-order valence-electron chi connectivity index (χ4n) is 3.15. The van der Waals surface area contributed by atoms with Crippen molar-refractivity contribution in [3.8, 4) is 5.75 Å². The molecule has 26 heavy (non-hydrogen) atoms. The fraction of sp³-hybridized carbons (Fsp3) is 0.556. The number of benzene rings is 1. The molecule has 0 saturated carbocycles. The van der Waals surface area contributed by atoms with Gasteiger partial charge in [0.05, 0.1) is 6.04 Å². The van der Waals surface area contributed by atoms with Crippen LogP contribution in [-0.2, 0) is 16.0 Å². The van der Waals surface area contributed by atoms with Crippen molar-refractivity contribution in [2.24, 2.45) is 5.92 Å². The van der Waals surface area contributed by atoms with E-state index >= 15 is 0 Å². The second kappa shape index (κ2) is 9.92. The summed E-state index contributed by atoms with van der Waals surface area (Å²) in [6.07, 6.45) is 0.802. The quantitative estimate of drug-likeness (QED) is 0.695. The number of hydrogen-bond donors (Lipinski definition) is 2. The Labute approximate surface area is 166 Å². The topological polar surface area (TPSA) is 69.6 Å². The molecule has 0 spiro atoms. The number of phenolic OH excluding ortho intramolecular Hbond substituents is 1. The predicted octanol–water partition coefficient (Wildman–Crippen LogP) is 2.40. The van der Waals surface area contributed by atoms with Gasteiger partial charge in [-0.25, -0.2) is 0 Å². The lowest BCUT2D eigenvalue weighted by molar-refractivity contribution is -0.137. The van der Waals surface area contributed by atoms with Crippen LogP contribution in [0.4, 0.5) is 0 Å². The average Bonchev–Trinajstić information content (AvgIpc) is 3.05. The first-order valence-electron chi connectivity index (χ1n) is 8.78. The number of aromatic hydroxyl groups is 1. The SMILES string of the molecule is O=C(C[C@@H](Cc1ccc(O)cc1)C(=O)N1CCSSCC1)[C@@H]1CSCN1. The van der Waals surface area contributed by atoms with Crippen LogP contribution in [0.2, 0.25) is 0 Å². The number of carbonyl (C=O) groups is 2. The Morgan fingerprint density at radius 2 is 1.88 bits per heavy atom. The van der Waals surface area contributed by atoms with Gasteiger partial charge in [-0.05, 0) is 24.1 Å². The van der Waals surface area contributed by atoms with Crippen molar-refractivity contribution >= 4 is 45.0 Å². The molecule has 1 aromatic rings. The van der Waals surface area contributed by atoms with Crippen LogP contribution in [0.25, 0.3) is 0 Å². The third kappa shape index (κ3) is 5.58. The van der Waals surface area contributed by atoms with E-state index in [4.69, 9.17) is 0 Å². The van der Waals surface area contributed by atoms with Crippen molar-refractivity contribution in [2.75, 3.05) is 36.2 Å². The van der Waals surface area contributed by atoms with Crippen LogP contribution in [0, 0.1) is 5.92 Å². The molecular weight excluding hydrogens is 388 g/mol. The van der Waals surface area contributed by atoms with E-state index in [0.29, 0.717) is 6.42 Å². The molecule has 2 aliphatic rings. The lowest BCUT2D eigenvalue weighted by atomic mass is 9.91. The van der Waals surface area contributed by atoms with Crippen LogP contribution in [0.5, 0.6) is 5.75 Å². The fourth-order valence-corrected chi connectivity index (χ4v) is 6.11. The number of amides is 1. The van der Waals surface area contributed by atoms with Gasteiger partial charge in [0.25, 0.3) is 0 Å². The summed E-state index contributed by atoms with van der Waals surface area (Å²) in [5.41, 5.74) is 0.973. The average molecular weight is 413 g/mol. The molecule has 0 bridgehead atoms. The molecule has 1 aromatic carbocycles. The zero-order valence-electron chi connectivity index (χ0n) is 14.6. The van der Waals surface area contributed by atoms with E-state index in [9.17, 15) is 14.7 Å². The molecule has 0 aromatic heterocycles. The standard InChI is InChI=1S/C18H24N2O3S3/c21-15-3-1-13(2-4-15)9-14(10-17(22)16-11-24-12-19-16)18(23)20-5-7-25-26-8-6-20/h1-4,14,16,19,21H,5-12H2/t14-,16+/m1/s1. The van der Waals surface area contributed by atoms with Crippen molar-refractivity contribution in [1.82, 2.24) is 10.2 Å². The highest BCUT2D eigenvalue weighted by Crippen LogP contribution is 2.26. The number of phenols is 1. The highest BCUT2D eigenvalue weighted by molar-refractivity contribution is 8.76. The van der Waals surface area contributed by atoms with Crippen LogP contribution in [0.3, 0.4) is 0 Å². The number of hydrogen-bond acceptors (Lipinski definition) is 7. The normalized spacial score (nSPS) is 22.0. The van der Waals surface area contributed by atoms with Gasteiger partial charge in [0.2, 0.25) is 5.91 Å². The van der Waals surface area contributed by atoms with E-state index < -0.39 is 0 Å². The van der Waals surface area contributed by atoms with Gasteiger partial charge in [-0.1, -0.05) is 33.7 Å². The van der Waals surface area contributed by atoms with Gasteiger partial charge in [0.15, 0.2) is 5.78 Å². The second-order valence-electron chi connectivity index (χ2n) is 6.48. The van der Waals surface area contributed by atoms with Crippen LogP contribution in [0.15, 0.2) is 24.3 Å². The monoisotopic (exact) mass is 412 g/mol. The minimum atomic E-state index is -0.340. The number of nitrogens with zero attached hydrogens (tertiary/aromatic N) is 1. The number of ketones is 1. The molecule has 2 aliphatic heterocycles. The minimum absolute atomic E-state index is 0.0835. The Hall–Kier alpha value is -0.830. The summed E-state index contributed by atoms with van der Waals surface area (Å²) < 4.78 is 0. The minimum Gasteiger partial charge on any atom is -0.508 e. The number of thioether (sulfide) groups is 1. The summed E-state index contributed by atoms with van der Waals surface area (Å²) >= 11 is 1.72. The lowest BCUT2D eigenvalue weighted by Crippen LogP contribution is -2.42. The molecule has 0 aliphatic carbocycles. The van der Waals surface area contributed by atoms with Crippen molar-refractivity contribution in [3.05, 3.63) is 29.8 Å². The maximum atomic E-state index is 13.2. The number of nitrogens with one attached hydrogen (secondary N) is 1. The van der Waals surface area contributed by atoms with Crippen molar-refractivity contribution in [1.29, 1.82) is 0 Å². The van der Waals surface area contributed by atoms with Crippen LogP contribution < -0.4 is 5.32 Å². The summed E-state index contributed by atoms with van der Waals surface area (Å²) in [6, 6.07) is 6.79. The van der Waals surface area contributed by atoms with E-state index in [0.717, 1.165) is 41.8 Å². The first-order chi connectivity index (χ1) is 12.6. The third-order valence-corrected chi connectivity index (χ3v) is 7.91. The first kappa shape index (κ1) is 19.9. The Kier molecular flexibility index (Phi) is 7.60. The summed E-state index contributed by atoms with van der Waals surface area (Å²) in [5, 5.41) is 12.7. The van der Waals surface area contributed by atoms with Crippen LogP contribution >= 0.6 is 33.3 Å². The lowest BCUT2D eigenvalue weighted by Gasteiger charge is -2.26. The van der Waals surface area contributed by atoms with Crippen LogP contribution in [0.1, 0.15) is 12.0 Å². The zero-order chi connectivity index (χ0) is 18.4. The summed E-state index contributed by atoms with van der Waals surface area (Å²) in [6.45, 7) is 1.49. The molecule has 2 saturated heterocycles. The maximum absolute atomic E-state index is 13.2. The van der Waals surface area contributed by atoms with Gasteiger partial charge >= 0.3 is 0 Å². The highest BCUT2D eigenvalue weighted by atomic mass is 33.1. The highest BCUT2D eigenvalue weighted by Gasteiger charge is 2.31. The molecule has 2 heterocycles. The Balaban J connectivity index is 1.71. The Morgan fingerprint density at radius 1 is 1.19 bits per heavy atom. The predicted molar refractivity (Wildman–Crippen MR) is 111 cm³/mol. The number of rotatable bonds is 6. The smallest absolute Gasteiger partial charge is 0.226 e. The summed E-state index contributed by atoms with van der Waals surface area (Å²) in [7, 11) is 3.61. The Bertz CT molecular complexity index is 613. The van der Waals surface area contributed by atoms with E-state index in [1.807, 2.05) is 17.0 Å². The summed E-state index contributed by atoms with van der Waals surface area (Å²) in [5.74, 6) is 3.53. The molecule has 2 fully saturated rings. The molecule has 1 amide bonds. The van der Waals surface area contributed by atoms with E-state index in [-0.39, 0.29) is 35.8 Å². The molecule has 5 nitrogen and oxygen atoms in total. The molecular formula is C18H24N2O3S3. The molecule has 0 radical (unpaired) electrons. The second-order valence-corrected chi connectivity index (χ2v) is 10.2. The van der Waals surface area contributed by atoms with Gasteiger partial charge < -0.3 is 10.0 Å². The molecule has 8 heteroatoms. The number of Topliss-reactive ketones (excluding diaryl/α,β-unsaturated/α-hetero) is 1. The van der Waals surface area contributed by atoms with Gasteiger partial charge in [0, 0.05) is 48.6 Å². The third-order valence-electron chi connectivity index (χ3n) is 4.60. The van der Waals surface area contributed by atoms with Gasteiger partial charge in [-0.2, -0.15) is 0 Å². The maximum Gasteiger partial charge on any atom is 0.226 e. The molecule has 3 rings (SSSR count). The Morgan fingerprint density at radius 3 is 2.50 bits per heavy atom. The molecule has 0 unspecified atom stereocenters. The number of carbonyl (C=O) groups excluding carboxylic acids is 2. The van der Waals surface area contributed by atoms with Crippen molar-refractivity contribution in [3.63, 3.8) is 0 Å².